The van der Waals surface area contributed by atoms with Crippen molar-refractivity contribution in [3.8, 4) is 5.88 Å². The molecular weight excluding hydrogens is 416 g/mol. The van der Waals surface area contributed by atoms with Crippen LogP contribution in [0.1, 0.15) is 31.2 Å². The number of carbonyl (C=O) groups excluding carboxylic acids is 2. The molecule has 8 nitrogen and oxygen atoms in total. The lowest BCUT2D eigenvalue weighted by Gasteiger charge is -2.14. The van der Waals surface area contributed by atoms with E-state index in [0.29, 0.717) is 11.3 Å². The standard InChI is InChI=1S/C22H14N4O4S/c27-19-15-8-4-5-9-16(15)20(28)25(19)12-26-21(29)17(31-22(26)30)10-14-11-23-24-18(14)13-6-2-1-3-7-13/h1-11,29H,12H2/b14-10+. The number of rotatable bonds is 4. The fourth-order valence-corrected chi connectivity index (χ4v) is 4.31. The highest BCUT2D eigenvalue weighted by Crippen LogP contribution is 2.28. The number of allylic oxidation sites excluding steroid dienone is 1. The van der Waals surface area contributed by atoms with E-state index in [1.807, 2.05) is 30.3 Å². The number of fused-ring (bicyclic) bond motifs is 1. The Labute approximate surface area is 179 Å². The number of thiazole rings is 1. The van der Waals surface area contributed by atoms with Crippen molar-refractivity contribution in [1.82, 2.24) is 9.47 Å². The van der Waals surface area contributed by atoms with Crippen LogP contribution in [0, 0.1) is 0 Å². The second-order valence-corrected chi connectivity index (χ2v) is 7.86. The van der Waals surface area contributed by atoms with Gasteiger partial charge in [0.15, 0.2) is 0 Å². The lowest BCUT2D eigenvalue weighted by Crippen LogP contribution is -2.34. The molecule has 0 atom stereocenters. The molecule has 31 heavy (non-hydrogen) atoms. The molecule has 2 amide bonds. The van der Waals surface area contributed by atoms with Crippen LogP contribution in [-0.4, -0.2) is 38.3 Å². The summed E-state index contributed by atoms with van der Waals surface area (Å²) in [4.78, 5) is 38.5. The van der Waals surface area contributed by atoms with Gasteiger partial charge >= 0.3 is 4.87 Å². The van der Waals surface area contributed by atoms with Crippen molar-refractivity contribution in [2.45, 2.75) is 6.67 Å². The molecule has 0 spiro atoms. The molecule has 1 aromatic heterocycles. The summed E-state index contributed by atoms with van der Waals surface area (Å²) in [6, 6.07) is 15.9. The lowest BCUT2D eigenvalue weighted by molar-refractivity contribution is 0.0600. The Balaban J connectivity index is 1.46. The number of imide groups is 1. The molecule has 0 radical (unpaired) electrons. The summed E-state index contributed by atoms with van der Waals surface area (Å²) < 4.78 is 1.00. The van der Waals surface area contributed by atoms with Crippen molar-refractivity contribution < 1.29 is 14.7 Å². The summed E-state index contributed by atoms with van der Waals surface area (Å²) in [6.07, 6.45) is 3.16. The van der Waals surface area contributed by atoms with Gasteiger partial charge in [-0.2, -0.15) is 5.10 Å². The number of aromatic hydroxyl groups is 1. The predicted molar refractivity (Wildman–Crippen MR) is 117 cm³/mol. The highest BCUT2D eigenvalue weighted by molar-refractivity contribution is 7.10. The van der Waals surface area contributed by atoms with Gasteiger partial charge in [0.25, 0.3) is 11.8 Å². The van der Waals surface area contributed by atoms with Crippen LogP contribution in [0.5, 0.6) is 5.88 Å². The second-order valence-electron chi connectivity index (χ2n) is 6.87. The van der Waals surface area contributed by atoms with Gasteiger partial charge in [0.1, 0.15) is 12.4 Å². The molecule has 2 aromatic carbocycles. The zero-order chi connectivity index (χ0) is 21.5. The minimum Gasteiger partial charge on any atom is -0.493 e. The fourth-order valence-electron chi connectivity index (χ4n) is 3.48. The van der Waals surface area contributed by atoms with Crippen molar-refractivity contribution in [2.24, 2.45) is 10.2 Å². The van der Waals surface area contributed by atoms with Crippen molar-refractivity contribution >= 4 is 41.2 Å². The minimum absolute atomic E-state index is 0.281. The highest BCUT2D eigenvalue weighted by Gasteiger charge is 2.36. The summed E-state index contributed by atoms with van der Waals surface area (Å²) in [5.41, 5.74) is 2.67. The van der Waals surface area contributed by atoms with Crippen LogP contribution in [0.3, 0.4) is 0 Å². The topological polar surface area (TPSA) is 104 Å². The maximum atomic E-state index is 12.6. The first-order valence-electron chi connectivity index (χ1n) is 9.31. The monoisotopic (exact) mass is 430 g/mol. The molecule has 0 saturated heterocycles. The normalized spacial score (nSPS) is 16.3. The average molecular weight is 430 g/mol. The van der Waals surface area contributed by atoms with Crippen molar-refractivity contribution in [2.75, 3.05) is 0 Å². The van der Waals surface area contributed by atoms with Gasteiger partial charge in [0.05, 0.1) is 22.2 Å². The van der Waals surface area contributed by atoms with Crippen molar-refractivity contribution in [3.05, 3.63) is 91.4 Å². The number of aromatic nitrogens is 1. The molecule has 3 heterocycles. The molecule has 0 unspecified atom stereocenters. The zero-order valence-corrected chi connectivity index (χ0v) is 16.7. The van der Waals surface area contributed by atoms with E-state index in [2.05, 4.69) is 10.2 Å². The Hall–Kier alpha value is -4.11. The Kier molecular flexibility index (Phi) is 4.45. The van der Waals surface area contributed by atoms with Crippen molar-refractivity contribution in [3.63, 3.8) is 0 Å². The first-order chi connectivity index (χ1) is 15.0. The van der Waals surface area contributed by atoms with Gasteiger partial charge in [0.2, 0.25) is 5.88 Å². The van der Waals surface area contributed by atoms with Crippen LogP contribution in [0.4, 0.5) is 0 Å². The maximum Gasteiger partial charge on any atom is 0.312 e. The third-order valence-electron chi connectivity index (χ3n) is 5.02. The maximum absolute atomic E-state index is 12.6. The van der Waals surface area contributed by atoms with E-state index in [0.717, 1.165) is 26.4 Å². The number of hydrogen-bond acceptors (Lipinski definition) is 7. The van der Waals surface area contributed by atoms with E-state index in [1.54, 1.807) is 36.6 Å². The van der Waals surface area contributed by atoms with Gasteiger partial charge in [0, 0.05) is 11.1 Å². The molecule has 0 aliphatic carbocycles. The SMILES string of the molecule is O=C1c2ccccc2C(=O)N1Cn1c(O)c(/C=C2\C=NN=C2c2ccccc2)sc1=O. The van der Waals surface area contributed by atoms with Gasteiger partial charge in [-0.1, -0.05) is 53.8 Å². The van der Waals surface area contributed by atoms with E-state index < -0.39 is 16.7 Å². The summed E-state index contributed by atoms with van der Waals surface area (Å²) in [7, 11) is 0. The Morgan fingerprint density at radius 2 is 1.58 bits per heavy atom. The summed E-state index contributed by atoms with van der Waals surface area (Å²) in [6.45, 7) is -0.371. The molecule has 9 heteroatoms. The molecular formula is C22H14N4O4S. The lowest BCUT2D eigenvalue weighted by atomic mass is 10.0. The molecule has 2 aliphatic rings. The van der Waals surface area contributed by atoms with E-state index in [9.17, 15) is 19.5 Å². The van der Waals surface area contributed by atoms with Crippen LogP contribution in [-0.2, 0) is 6.67 Å². The quantitative estimate of drug-likeness (QED) is 0.643. The first kappa shape index (κ1) is 18.9. The number of carbonyl (C=O) groups is 2. The third-order valence-corrected chi connectivity index (χ3v) is 5.93. The minimum atomic E-state index is -0.501. The van der Waals surface area contributed by atoms with Crippen LogP contribution >= 0.6 is 11.3 Å². The summed E-state index contributed by atoms with van der Waals surface area (Å²) in [5.74, 6) is -1.33. The largest absolute Gasteiger partial charge is 0.493 e. The zero-order valence-electron chi connectivity index (χ0n) is 15.9. The van der Waals surface area contributed by atoms with Crippen LogP contribution in [0.15, 0.2) is 75.2 Å². The fraction of sp³-hybridized carbons (Fsp3) is 0.0455. The molecule has 0 fully saturated rings. The number of amides is 2. The molecule has 2 aliphatic heterocycles. The smallest absolute Gasteiger partial charge is 0.312 e. The van der Waals surface area contributed by atoms with Gasteiger partial charge in [-0.05, 0) is 18.2 Å². The highest BCUT2D eigenvalue weighted by atomic mass is 32.1. The van der Waals surface area contributed by atoms with Crippen molar-refractivity contribution in [1.29, 1.82) is 0 Å². The van der Waals surface area contributed by atoms with Gasteiger partial charge < -0.3 is 5.11 Å². The molecule has 0 saturated carbocycles. The average Bonchev–Trinajstić information content (AvgIpc) is 3.43. The molecule has 5 rings (SSSR count). The first-order valence-corrected chi connectivity index (χ1v) is 10.1. The third kappa shape index (κ3) is 3.11. The van der Waals surface area contributed by atoms with Gasteiger partial charge in [-0.3, -0.25) is 23.9 Å². The van der Waals surface area contributed by atoms with E-state index in [4.69, 9.17) is 0 Å². The summed E-state index contributed by atoms with van der Waals surface area (Å²) in [5, 5.41) is 18.7. The van der Waals surface area contributed by atoms with E-state index in [-0.39, 0.29) is 28.6 Å². The molecule has 152 valence electrons. The van der Waals surface area contributed by atoms with Crippen LogP contribution in [0.25, 0.3) is 6.08 Å². The van der Waals surface area contributed by atoms with Crippen LogP contribution < -0.4 is 4.87 Å². The van der Waals surface area contributed by atoms with Gasteiger partial charge in [-0.15, -0.1) is 5.10 Å². The predicted octanol–water partition coefficient (Wildman–Crippen LogP) is 2.74. The number of benzene rings is 2. The Morgan fingerprint density at radius 3 is 2.26 bits per heavy atom. The van der Waals surface area contributed by atoms with Gasteiger partial charge in [-0.25, -0.2) is 0 Å². The molecule has 0 bridgehead atoms. The molecule has 1 N–H and O–H groups in total. The summed E-state index contributed by atoms with van der Waals surface area (Å²) >= 11 is 0.810. The van der Waals surface area contributed by atoms with E-state index in [1.165, 1.54) is 0 Å². The Morgan fingerprint density at radius 1 is 0.935 bits per heavy atom. The second kappa shape index (κ2) is 7.29. The number of nitrogens with zero attached hydrogens (tertiary/aromatic N) is 4. The Bertz CT molecular complexity index is 1350. The number of hydrogen-bond donors (Lipinski definition) is 1. The molecule has 3 aromatic rings. The van der Waals surface area contributed by atoms with E-state index >= 15 is 0 Å². The van der Waals surface area contributed by atoms with Crippen LogP contribution in [0.2, 0.25) is 0 Å².